The number of phosphoric ester groups is 2. The first-order chi connectivity index (χ1) is 45.3. The van der Waals surface area contributed by atoms with Crippen molar-refractivity contribution < 1.29 is 80.2 Å². The van der Waals surface area contributed by atoms with Gasteiger partial charge in [0.1, 0.15) is 19.3 Å². The molecule has 0 saturated heterocycles. The Hall–Kier alpha value is -2.46. The molecule has 0 radical (unpaired) electrons. The summed E-state index contributed by atoms with van der Waals surface area (Å²) >= 11 is 0. The van der Waals surface area contributed by atoms with Crippen LogP contribution < -0.4 is 0 Å². The van der Waals surface area contributed by atoms with Crippen LogP contribution in [0.4, 0.5) is 0 Å². The fraction of sp³-hybridized carbons (Fsp3) is 0.893. The van der Waals surface area contributed by atoms with Crippen LogP contribution in [0.2, 0.25) is 0 Å². The summed E-state index contributed by atoms with van der Waals surface area (Å²) in [7, 11) is -9.92. The molecule has 3 N–H and O–H groups in total. The van der Waals surface area contributed by atoms with Crippen LogP contribution >= 0.6 is 15.6 Å². The third kappa shape index (κ3) is 66.8. The van der Waals surface area contributed by atoms with Gasteiger partial charge in [0.25, 0.3) is 0 Å². The number of aliphatic hydroxyl groups excluding tert-OH is 1. The molecule has 0 aromatic carbocycles. The molecule has 94 heavy (non-hydrogen) atoms. The van der Waals surface area contributed by atoms with E-state index in [2.05, 4.69) is 72.8 Å². The van der Waals surface area contributed by atoms with Gasteiger partial charge in [-0.05, 0) is 69.1 Å². The first kappa shape index (κ1) is 91.5. The predicted octanol–water partition coefficient (Wildman–Crippen LogP) is 21.3. The van der Waals surface area contributed by atoms with E-state index in [1.165, 1.54) is 154 Å². The summed E-state index contributed by atoms with van der Waals surface area (Å²) in [6, 6.07) is 0. The lowest BCUT2D eigenvalue weighted by molar-refractivity contribution is -0.161. The standard InChI is InChI=1S/C75H142O17P2/c1-8-10-11-12-13-14-15-16-17-18-19-29-37-44-51-58-74(79)91-70(62-85-72(77)56-49-42-35-28-23-21-27-34-41-48-55-68(7)9-2)64-89-93(81,82)87-60-69(76)61-88-94(83,84)90-65-71(63-86-73(78)57-50-43-36-31-24-26-33-40-47-54-67(5)6)92-75(80)59-52-45-38-30-22-20-25-32-39-46-53-66(3)4/h14-17,66-71,76H,8-13,18-65H2,1-7H3,(H,81,82)(H,83,84)/b15-14-,17-16-/t68?,69-,70-,71-/m1/s1. The smallest absolute Gasteiger partial charge is 0.462 e. The minimum absolute atomic E-state index is 0.0845. The Kier molecular flexibility index (Phi) is 63.5. The Morgan fingerprint density at radius 1 is 0.351 bits per heavy atom. The van der Waals surface area contributed by atoms with Gasteiger partial charge in [-0.2, -0.15) is 0 Å². The summed E-state index contributed by atoms with van der Waals surface area (Å²) in [6.07, 6.45) is 53.4. The van der Waals surface area contributed by atoms with Crippen molar-refractivity contribution >= 4 is 39.5 Å². The summed E-state index contributed by atoms with van der Waals surface area (Å²) in [6.45, 7) is 11.8. The Labute approximate surface area is 573 Å². The zero-order valence-electron chi connectivity index (χ0n) is 60.9. The maximum atomic E-state index is 13.1. The van der Waals surface area contributed by atoms with Crippen LogP contribution in [0.1, 0.15) is 357 Å². The van der Waals surface area contributed by atoms with Gasteiger partial charge in [-0.1, -0.05) is 304 Å². The fourth-order valence-corrected chi connectivity index (χ4v) is 12.4. The lowest BCUT2D eigenvalue weighted by atomic mass is 9.99. The lowest BCUT2D eigenvalue weighted by Gasteiger charge is -2.21. The second kappa shape index (κ2) is 65.2. The van der Waals surface area contributed by atoms with Crippen LogP contribution in [0.15, 0.2) is 24.3 Å². The SMILES string of the molecule is CCCCCC/C=C\C=C/CCCCCCCC(=O)O[C@H](COC(=O)CCCCCCCCCCCCC(C)CC)COP(=O)(O)OC[C@@H](O)COP(=O)(O)OC[C@@H](COC(=O)CCCCCCCCCCCC(C)C)OC(=O)CCCCCCCCCCCCC(C)C. The van der Waals surface area contributed by atoms with Gasteiger partial charge in [0.2, 0.25) is 0 Å². The van der Waals surface area contributed by atoms with E-state index in [0.29, 0.717) is 25.7 Å². The van der Waals surface area contributed by atoms with Gasteiger partial charge in [0, 0.05) is 25.7 Å². The Morgan fingerprint density at radius 2 is 0.628 bits per heavy atom. The summed E-state index contributed by atoms with van der Waals surface area (Å²) in [5.74, 6) is 0.150. The molecular formula is C75H142O17P2. The lowest BCUT2D eigenvalue weighted by Crippen LogP contribution is -2.30. The number of hydrogen-bond acceptors (Lipinski definition) is 15. The van der Waals surface area contributed by atoms with Crippen molar-refractivity contribution in [3.63, 3.8) is 0 Å². The number of carbonyl (C=O) groups excluding carboxylic acids is 4. The topological polar surface area (TPSA) is 237 Å². The summed E-state index contributed by atoms with van der Waals surface area (Å²) < 4.78 is 68.5. The van der Waals surface area contributed by atoms with Crippen LogP contribution in [0.25, 0.3) is 0 Å². The molecule has 0 fully saturated rings. The van der Waals surface area contributed by atoms with Crippen LogP contribution in [-0.2, 0) is 65.4 Å². The monoisotopic (exact) mass is 1380 g/mol. The van der Waals surface area contributed by atoms with Crippen LogP contribution in [0.3, 0.4) is 0 Å². The molecule has 3 unspecified atom stereocenters. The first-order valence-electron chi connectivity index (χ1n) is 38.2. The number of aliphatic hydroxyl groups is 1. The van der Waals surface area contributed by atoms with Gasteiger partial charge >= 0.3 is 39.5 Å². The molecule has 0 aromatic rings. The van der Waals surface area contributed by atoms with Crippen molar-refractivity contribution in [2.45, 2.75) is 375 Å². The molecule has 0 saturated carbocycles. The summed E-state index contributed by atoms with van der Waals surface area (Å²) in [5, 5.41) is 10.6. The van der Waals surface area contributed by atoms with E-state index < -0.39 is 97.5 Å². The highest BCUT2D eigenvalue weighted by Gasteiger charge is 2.30. The van der Waals surface area contributed by atoms with Gasteiger partial charge in [0.05, 0.1) is 26.4 Å². The van der Waals surface area contributed by atoms with E-state index in [0.717, 1.165) is 120 Å². The minimum Gasteiger partial charge on any atom is -0.462 e. The number of phosphoric acid groups is 2. The highest BCUT2D eigenvalue weighted by molar-refractivity contribution is 7.47. The third-order valence-corrected chi connectivity index (χ3v) is 19.0. The summed E-state index contributed by atoms with van der Waals surface area (Å²) in [4.78, 5) is 72.8. The number of ether oxygens (including phenoxy) is 4. The Bertz CT molecular complexity index is 1930. The molecule has 0 aliphatic heterocycles. The van der Waals surface area contributed by atoms with Gasteiger partial charge in [-0.15, -0.1) is 0 Å². The average Bonchev–Trinajstić information content (AvgIpc) is 1.41. The van der Waals surface area contributed by atoms with E-state index >= 15 is 0 Å². The Balaban J connectivity index is 5.31. The normalized spacial score (nSPS) is 14.6. The highest BCUT2D eigenvalue weighted by atomic mass is 31.2. The zero-order chi connectivity index (χ0) is 69.4. The van der Waals surface area contributed by atoms with Crippen LogP contribution in [0.5, 0.6) is 0 Å². The number of allylic oxidation sites excluding steroid dienone is 4. The molecule has 0 aliphatic rings. The molecule has 0 amide bonds. The molecule has 0 aliphatic carbocycles. The van der Waals surface area contributed by atoms with E-state index in [4.69, 9.17) is 37.0 Å². The number of carbonyl (C=O) groups is 4. The van der Waals surface area contributed by atoms with E-state index in [-0.39, 0.29) is 25.7 Å². The molecule has 17 nitrogen and oxygen atoms in total. The number of unbranched alkanes of at least 4 members (excludes halogenated alkanes) is 35. The molecule has 0 aromatic heterocycles. The van der Waals surface area contributed by atoms with Gasteiger partial charge in [0.15, 0.2) is 12.2 Å². The largest absolute Gasteiger partial charge is 0.472 e. The molecule has 0 rings (SSSR count). The van der Waals surface area contributed by atoms with E-state index in [1.807, 2.05) is 0 Å². The minimum atomic E-state index is -4.97. The number of hydrogen-bond donors (Lipinski definition) is 3. The van der Waals surface area contributed by atoms with Crippen LogP contribution in [-0.4, -0.2) is 96.7 Å². The van der Waals surface area contributed by atoms with Crippen molar-refractivity contribution in [1.29, 1.82) is 0 Å². The molecule has 6 atom stereocenters. The maximum Gasteiger partial charge on any atom is 0.472 e. The second-order valence-corrected chi connectivity index (χ2v) is 30.5. The molecule has 0 heterocycles. The first-order valence-corrected chi connectivity index (χ1v) is 41.2. The molecule has 554 valence electrons. The number of esters is 4. The van der Waals surface area contributed by atoms with Gasteiger partial charge in [-0.3, -0.25) is 37.3 Å². The molecular weight excluding hydrogens is 1230 g/mol. The Morgan fingerprint density at radius 3 is 0.947 bits per heavy atom. The van der Waals surface area contributed by atoms with Crippen LogP contribution in [0, 0.1) is 17.8 Å². The average molecular weight is 1380 g/mol. The third-order valence-electron chi connectivity index (χ3n) is 17.1. The van der Waals surface area contributed by atoms with Gasteiger partial charge in [-0.25, -0.2) is 9.13 Å². The van der Waals surface area contributed by atoms with Crippen molar-refractivity contribution in [2.24, 2.45) is 17.8 Å². The molecule has 19 heteroatoms. The second-order valence-electron chi connectivity index (χ2n) is 27.5. The number of rotatable bonds is 71. The van der Waals surface area contributed by atoms with Gasteiger partial charge < -0.3 is 33.8 Å². The van der Waals surface area contributed by atoms with Crippen molar-refractivity contribution in [2.75, 3.05) is 39.6 Å². The fourth-order valence-electron chi connectivity index (χ4n) is 10.9. The predicted molar refractivity (Wildman–Crippen MR) is 381 cm³/mol. The van der Waals surface area contributed by atoms with E-state index in [9.17, 15) is 43.2 Å². The zero-order valence-corrected chi connectivity index (χ0v) is 62.7. The molecule has 0 bridgehead atoms. The summed E-state index contributed by atoms with van der Waals surface area (Å²) in [5.41, 5.74) is 0. The van der Waals surface area contributed by atoms with E-state index in [1.54, 1.807) is 0 Å². The quantitative estimate of drug-likeness (QED) is 0.0169. The van der Waals surface area contributed by atoms with Crippen molar-refractivity contribution in [1.82, 2.24) is 0 Å². The van der Waals surface area contributed by atoms with Crippen molar-refractivity contribution in [3.8, 4) is 0 Å². The highest BCUT2D eigenvalue weighted by Crippen LogP contribution is 2.45. The maximum absolute atomic E-state index is 13.1. The van der Waals surface area contributed by atoms with Crippen molar-refractivity contribution in [3.05, 3.63) is 24.3 Å². The molecule has 0 spiro atoms.